The molecule has 6 heteroatoms. The van der Waals surface area contributed by atoms with Gasteiger partial charge in [-0.05, 0) is 38.5 Å². The first-order chi connectivity index (χ1) is 29.7. The van der Waals surface area contributed by atoms with Gasteiger partial charge in [0.2, 0.25) is 10.4 Å². The number of hydrogen-bond acceptors (Lipinski definition) is 3. The van der Waals surface area contributed by atoms with Crippen molar-refractivity contribution in [2.75, 3.05) is 26.7 Å². The Bertz CT molecular complexity index is 800. The highest BCUT2D eigenvalue weighted by atomic mass is 32.3. The molecule has 0 rings (SSSR count). The van der Waals surface area contributed by atoms with E-state index in [0.717, 1.165) is 0 Å². The summed E-state index contributed by atoms with van der Waals surface area (Å²) in [4.78, 5) is 0. The minimum atomic E-state index is -4.92. The lowest BCUT2D eigenvalue weighted by Crippen LogP contribution is -2.46. The summed E-state index contributed by atoms with van der Waals surface area (Å²) >= 11 is 0. The van der Waals surface area contributed by atoms with Crippen LogP contribution in [-0.2, 0) is 10.4 Å². The third kappa shape index (κ3) is 62.0. The summed E-state index contributed by atoms with van der Waals surface area (Å²) in [5.41, 5.74) is 0. The van der Waals surface area contributed by atoms with Crippen molar-refractivity contribution >= 4 is 10.4 Å². The van der Waals surface area contributed by atoms with Crippen molar-refractivity contribution in [3.63, 3.8) is 0 Å². The van der Waals surface area contributed by atoms with E-state index in [1.165, 1.54) is 332 Å². The number of unbranched alkanes of at least 4 members (excludes halogenated alkanes) is 45. The largest absolute Gasteiger partial charge is 0.726 e. The lowest BCUT2D eigenvalue weighted by atomic mass is 10.0. The molecule has 5 nitrogen and oxygen atoms in total. The SMILES string of the molecule is CCCCCCCCCCCCCCCCCC[N+](C)(CCCCCCCCCCCCCCCCCC)CCCCCCCCCCCCCCCCCC.O=S(=O)([O-])O. The first-order valence-corrected chi connectivity index (χ1v) is 29.6. The van der Waals surface area contributed by atoms with Gasteiger partial charge in [0.1, 0.15) is 0 Å². The van der Waals surface area contributed by atoms with Crippen molar-refractivity contribution in [2.24, 2.45) is 0 Å². The molecule has 0 spiro atoms. The molecule has 370 valence electrons. The Morgan fingerprint density at radius 2 is 0.377 bits per heavy atom. The molecule has 0 aliphatic carbocycles. The summed E-state index contributed by atoms with van der Waals surface area (Å²) in [6.07, 6.45) is 70.7. The molecular formula is C55H115NO4S. The van der Waals surface area contributed by atoms with Crippen molar-refractivity contribution < 1.29 is 22.0 Å². The van der Waals surface area contributed by atoms with Gasteiger partial charge in [0.05, 0.1) is 26.7 Å². The number of nitrogens with zero attached hydrogens (tertiary/aromatic N) is 1. The summed E-state index contributed by atoms with van der Waals surface area (Å²) < 4.78 is 34.2. The van der Waals surface area contributed by atoms with E-state index in [1.54, 1.807) is 0 Å². The average molecular weight is 887 g/mol. The molecule has 0 fully saturated rings. The molecule has 1 N–H and O–H groups in total. The fourth-order valence-corrected chi connectivity index (χ4v) is 9.46. The summed E-state index contributed by atoms with van der Waals surface area (Å²) in [5.74, 6) is 0. The Hall–Kier alpha value is -0.170. The zero-order chi connectivity index (χ0) is 45.1. The average Bonchev–Trinajstić information content (AvgIpc) is 3.22. The van der Waals surface area contributed by atoms with Gasteiger partial charge in [0, 0.05) is 0 Å². The summed E-state index contributed by atoms with van der Waals surface area (Å²) in [5, 5.41) is 0. The van der Waals surface area contributed by atoms with Gasteiger partial charge in [-0.15, -0.1) is 0 Å². The van der Waals surface area contributed by atoms with Crippen LogP contribution in [0.4, 0.5) is 0 Å². The summed E-state index contributed by atoms with van der Waals surface area (Å²) in [6.45, 7) is 11.3. The van der Waals surface area contributed by atoms with E-state index < -0.39 is 10.4 Å². The van der Waals surface area contributed by atoms with E-state index in [-0.39, 0.29) is 0 Å². The monoisotopic (exact) mass is 886 g/mol. The molecule has 0 amide bonds. The van der Waals surface area contributed by atoms with E-state index >= 15 is 0 Å². The second-order valence-electron chi connectivity index (χ2n) is 20.1. The molecular weight excluding hydrogens is 771 g/mol. The molecule has 0 atom stereocenters. The van der Waals surface area contributed by atoms with E-state index in [9.17, 15) is 0 Å². The predicted molar refractivity (Wildman–Crippen MR) is 272 cm³/mol. The summed E-state index contributed by atoms with van der Waals surface area (Å²) in [7, 11) is -2.28. The van der Waals surface area contributed by atoms with Crippen molar-refractivity contribution in [1.82, 2.24) is 0 Å². The van der Waals surface area contributed by atoms with Crippen LogP contribution in [0.3, 0.4) is 0 Å². The highest BCUT2D eigenvalue weighted by molar-refractivity contribution is 7.79. The molecule has 0 saturated heterocycles. The van der Waals surface area contributed by atoms with Gasteiger partial charge in [0.15, 0.2) is 0 Å². The first kappa shape index (κ1) is 62.9. The van der Waals surface area contributed by atoms with E-state index in [2.05, 4.69) is 27.8 Å². The molecule has 0 aromatic carbocycles. The van der Waals surface area contributed by atoms with Crippen LogP contribution in [0.1, 0.15) is 329 Å². The number of hydrogen-bond donors (Lipinski definition) is 1. The van der Waals surface area contributed by atoms with Crippen LogP contribution in [0.5, 0.6) is 0 Å². The normalized spacial score (nSPS) is 12.0. The standard InChI is InChI=1S/C55H114N.H2O4S/c1-5-8-11-14-17-20-23-26-29-32-35-38-41-44-47-50-53-56(4,54-51-48-45-42-39-36-33-30-27-24-21-18-15-12-9-6-2)55-52-49-46-43-40-37-34-31-28-25-22-19-16-13-10-7-3;1-5(2,3)4/h5-55H2,1-4H3;(H2,1,2,3,4)/q+1;/p-1. The van der Waals surface area contributed by atoms with Crippen LogP contribution in [0.2, 0.25) is 0 Å². The minimum absolute atomic E-state index is 1.37. The number of rotatable bonds is 51. The topological polar surface area (TPSA) is 77.4 Å². The Morgan fingerprint density at radius 1 is 0.279 bits per heavy atom. The maximum Gasteiger partial charge on any atom is 0.215 e. The molecule has 0 aliphatic heterocycles. The van der Waals surface area contributed by atoms with Gasteiger partial charge in [-0.25, -0.2) is 8.42 Å². The lowest BCUT2D eigenvalue weighted by molar-refractivity contribution is -0.910. The van der Waals surface area contributed by atoms with Crippen molar-refractivity contribution in [3.8, 4) is 0 Å². The van der Waals surface area contributed by atoms with Gasteiger partial charge >= 0.3 is 0 Å². The highest BCUT2D eigenvalue weighted by Gasteiger charge is 2.20. The van der Waals surface area contributed by atoms with Crippen molar-refractivity contribution in [1.29, 1.82) is 0 Å². The lowest BCUT2D eigenvalue weighted by Gasteiger charge is -2.35. The zero-order valence-electron chi connectivity index (χ0n) is 42.6. The molecule has 0 heterocycles. The molecule has 0 saturated carbocycles. The molecule has 0 aromatic heterocycles. The molecule has 0 unspecified atom stereocenters. The Kier molecular flexibility index (Phi) is 54.1. The van der Waals surface area contributed by atoms with Crippen LogP contribution in [-0.4, -0.2) is 48.7 Å². The second-order valence-corrected chi connectivity index (χ2v) is 21.0. The van der Waals surface area contributed by atoms with Gasteiger partial charge in [-0.3, -0.25) is 4.55 Å². The van der Waals surface area contributed by atoms with Crippen LogP contribution in [0.15, 0.2) is 0 Å². The quantitative estimate of drug-likeness (QED) is 0.0286. The van der Waals surface area contributed by atoms with Gasteiger partial charge in [-0.1, -0.05) is 290 Å². The van der Waals surface area contributed by atoms with Gasteiger partial charge < -0.3 is 9.04 Å². The van der Waals surface area contributed by atoms with Gasteiger partial charge in [-0.2, -0.15) is 0 Å². The predicted octanol–water partition coefficient (Wildman–Crippen LogP) is 19.2. The third-order valence-corrected chi connectivity index (χ3v) is 13.7. The molecule has 0 aliphatic rings. The minimum Gasteiger partial charge on any atom is -0.726 e. The maximum atomic E-state index is 8.63. The number of quaternary nitrogens is 1. The third-order valence-electron chi connectivity index (χ3n) is 13.7. The van der Waals surface area contributed by atoms with Gasteiger partial charge in [0.25, 0.3) is 0 Å². The van der Waals surface area contributed by atoms with E-state index in [1.807, 2.05) is 0 Å². The van der Waals surface area contributed by atoms with Crippen LogP contribution in [0.25, 0.3) is 0 Å². The van der Waals surface area contributed by atoms with E-state index in [0.29, 0.717) is 0 Å². The first-order valence-electron chi connectivity index (χ1n) is 28.2. The van der Waals surface area contributed by atoms with Crippen LogP contribution in [0, 0.1) is 0 Å². The molecule has 0 aromatic rings. The molecule has 61 heavy (non-hydrogen) atoms. The smallest absolute Gasteiger partial charge is 0.215 e. The molecule has 0 bridgehead atoms. The van der Waals surface area contributed by atoms with Crippen molar-refractivity contribution in [3.05, 3.63) is 0 Å². The van der Waals surface area contributed by atoms with Crippen molar-refractivity contribution in [2.45, 2.75) is 329 Å². The summed E-state index contributed by atoms with van der Waals surface area (Å²) in [6, 6.07) is 0. The maximum absolute atomic E-state index is 8.63. The Labute approximate surface area is 386 Å². The van der Waals surface area contributed by atoms with Crippen LogP contribution < -0.4 is 0 Å². The fourth-order valence-electron chi connectivity index (χ4n) is 9.46. The Balaban J connectivity index is 0. The highest BCUT2D eigenvalue weighted by Crippen LogP contribution is 2.19. The fraction of sp³-hybridized carbons (Fsp3) is 1.00. The second kappa shape index (κ2) is 52.5. The molecule has 0 radical (unpaired) electrons. The Morgan fingerprint density at radius 3 is 0.492 bits per heavy atom. The zero-order valence-corrected chi connectivity index (χ0v) is 43.4. The van der Waals surface area contributed by atoms with E-state index in [4.69, 9.17) is 17.5 Å². The van der Waals surface area contributed by atoms with Crippen LogP contribution >= 0.6 is 0 Å².